The summed E-state index contributed by atoms with van der Waals surface area (Å²) in [6.45, 7) is 2.78. The molecule has 1 fully saturated rings. The van der Waals surface area contributed by atoms with Gasteiger partial charge in [0.25, 0.3) is 0 Å². The zero-order valence-corrected chi connectivity index (χ0v) is 19.0. The Balaban J connectivity index is 1.62. The molecule has 2 aliphatic rings. The molecule has 0 unspecified atom stereocenters. The number of nitrogens with zero attached hydrogens (tertiary/aromatic N) is 2. The molecular weight excluding hydrogens is 434 g/mol. The lowest BCUT2D eigenvalue weighted by molar-refractivity contribution is -0.121. The number of fused-ring (bicyclic) bond motifs is 1. The van der Waals surface area contributed by atoms with E-state index in [2.05, 4.69) is 5.32 Å². The maximum atomic E-state index is 13.0. The van der Waals surface area contributed by atoms with Crippen LogP contribution in [0.15, 0.2) is 52.3 Å². The first-order valence-corrected chi connectivity index (χ1v) is 12.7. The summed E-state index contributed by atoms with van der Waals surface area (Å²) >= 11 is 1.50. The predicted molar refractivity (Wildman–Crippen MR) is 122 cm³/mol. The van der Waals surface area contributed by atoms with Crippen LogP contribution in [-0.2, 0) is 19.6 Å². The minimum absolute atomic E-state index is 0.160. The van der Waals surface area contributed by atoms with Crippen molar-refractivity contribution in [2.45, 2.75) is 36.0 Å². The van der Waals surface area contributed by atoms with E-state index in [9.17, 15) is 18.0 Å². The van der Waals surface area contributed by atoms with Crippen LogP contribution in [0.1, 0.15) is 24.8 Å². The summed E-state index contributed by atoms with van der Waals surface area (Å²) < 4.78 is 27.5. The fourth-order valence-electron chi connectivity index (χ4n) is 3.83. The van der Waals surface area contributed by atoms with E-state index in [-0.39, 0.29) is 29.7 Å². The third kappa shape index (κ3) is 4.78. The summed E-state index contributed by atoms with van der Waals surface area (Å²) in [5, 5.41) is 2.83. The van der Waals surface area contributed by atoms with Gasteiger partial charge < -0.3 is 10.2 Å². The Morgan fingerprint density at radius 2 is 1.90 bits per heavy atom. The molecule has 0 radical (unpaired) electrons. The van der Waals surface area contributed by atoms with Gasteiger partial charge in [0.2, 0.25) is 21.8 Å². The van der Waals surface area contributed by atoms with Crippen LogP contribution in [0.25, 0.3) is 0 Å². The Labute approximate surface area is 186 Å². The largest absolute Gasteiger partial charge is 0.325 e. The van der Waals surface area contributed by atoms with E-state index in [1.54, 1.807) is 24.3 Å². The Bertz CT molecular complexity index is 1110. The van der Waals surface area contributed by atoms with Crippen LogP contribution in [0.5, 0.6) is 0 Å². The number of carbonyl (C=O) groups is 2. The number of thioether (sulfide) groups is 1. The average Bonchev–Trinajstić information content (AvgIpc) is 3.23. The Hall–Kier alpha value is -2.36. The highest BCUT2D eigenvalue weighted by molar-refractivity contribution is 7.99. The molecule has 2 aliphatic heterocycles. The zero-order valence-electron chi connectivity index (χ0n) is 17.3. The summed E-state index contributed by atoms with van der Waals surface area (Å²) in [6, 6.07) is 12.3. The number of amides is 2. The van der Waals surface area contributed by atoms with E-state index in [1.165, 1.54) is 21.0 Å². The number of sulfonamides is 1. The van der Waals surface area contributed by atoms with E-state index in [4.69, 9.17) is 0 Å². The minimum atomic E-state index is -3.62. The molecule has 164 valence electrons. The first kappa shape index (κ1) is 21.9. The molecule has 7 nitrogen and oxygen atoms in total. The molecule has 2 amide bonds. The number of hydrogen-bond acceptors (Lipinski definition) is 5. The normalized spacial score (nSPS) is 17.3. The number of hydrogen-bond donors (Lipinski definition) is 1. The van der Waals surface area contributed by atoms with Crippen molar-refractivity contribution in [3.8, 4) is 0 Å². The lowest BCUT2D eigenvalue weighted by atomic mass is 10.2. The molecule has 0 bridgehead atoms. The third-order valence-corrected chi connectivity index (χ3v) is 8.36. The zero-order chi connectivity index (χ0) is 22.0. The molecule has 0 spiro atoms. The second kappa shape index (κ2) is 9.02. The molecule has 0 aliphatic carbocycles. The van der Waals surface area contributed by atoms with Crippen molar-refractivity contribution in [2.24, 2.45) is 0 Å². The first-order chi connectivity index (χ1) is 14.8. The number of carbonyl (C=O) groups excluding carboxylic acids is 2. The Morgan fingerprint density at radius 1 is 1.13 bits per heavy atom. The van der Waals surface area contributed by atoms with E-state index in [0.717, 1.165) is 23.3 Å². The Kier molecular flexibility index (Phi) is 6.36. The van der Waals surface area contributed by atoms with Crippen molar-refractivity contribution >= 4 is 45.0 Å². The second-order valence-corrected chi connectivity index (χ2v) is 10.8. The smallest absolute Gasteiger partial charge is 0.244 e. The van der Waals surface area contributed by atoms with Crippen molar-refractivity contribution < 1.29 is 18.0 Å². The SMILES string of the molecule is Cc1cccc(NC(=O)CN2C(=O)CCSc3ccc(S(=O)(=O)N4CCCC4)cc32)c1. The molecule has 31 heavy (non-hydrogen) atoms. The molecule has 9 heteroatoms. The van der Waals surface area contributed by atoms with Gasteiger partial charge >= 0.3 is 0 Å². The molecule has 0 aromatic heterocycles. The maximum Gasteiger partial charge on any atom is 0.244 e. The molecule has 0 atom stereocenters. The van der Waals surface area contributed by atoms with Crippen molar-refractivity contribution in [1.82, 2.24) is 4.31 Å². The third-order valence-electron chi connectivity index (χ3n) is 5.40. The van der Waals surface area contributed by atoms with Crippen molar-refractivity contribution in [3.05, 3.63) is 48.0 Å². The van der Waals surface area contributed by atoms with Crippen LogP contribution in [-0.4, -0.2) is 49.9 Å². The van der Waals surface area contributed by atoms with Crippen LogP contribution in [0, 0.1) is 6.92 Å². The van der Waals surface area contributed by atoms with Crippen LogP contribution in [0.4, 0.5) is 11.4 Å². The van der Waals surface area contributed by atoms with Gasteiger partial charge in [-0.05, 0) is 55.7 Å². The minimum Gasteiger partial charge on any atom is -0.325 e. The lowest BCUT2D eigenvalue weighted by Crippen LogP contribution is -2.38. The van der Waals surface area contributed by atoms with Gasteiger partial charge in [-0.2, -0.15) is 4.31 Å². The maximum absolute atomic E-state index is 13.0. The second-order valence-electron chi connectivity index (χ2n) is 7.74. The molecule has 2 aromatic carbocycles. The first-order valence-electron chi connectivity index (χ1n) is 10.3. The fraction of sp³-hybridized carbons (Fsp3) is 0.364. The molecule has 1 saturated heterocycles. The van der Waals surface area contributed by atoms with E-state index in [1.807, 2.05) is 25.1 Å². The van der Waals surface area contributed by atoms with Gasteiger partial charge in [-0.3, -0.25) is 9.59 Å². The van der Waals surface area contributed by atoms with Crippen LogP contribution in [0.2, 0.25) is 0 Å². The molecule has 1 N–H and O–H groups in total. The molecular formula is C22H25N3O4S2. The lowest BCUT2D eigenvalue weighted by Gasteiger charge is -2.24. The number of anilines is 2. The van der Waals surface area contributed by atoms with Crippen LogP contribution < -0.4 is 10.2 Å². The van der Waals surface area contributed by atoms with Gasteiger partial charge in [-0.1, -0.05) is 12.1 Å². The van der Waals surface area contributed by atoms with Crippen molar-refractivity contribution in [2.75, 3.05) is 35.6 Å². The van der Waals surface area contributed by atoms with Gasteiger partial charge in [0.15, 0.2) is 0 Å². The average molecular weight is 460 g/mol. The molecule has 2 aromatic rings. The van der Waals surface area contributed by atoms with Crippen LogP contribution >= 0.6 is 11.8 Å². The van der Waals surface area contributed by atoms with Gasteiger partial charge in [-0.25, -0.2) is 8.42 Å². The summed E-state index contributed by atoms with van der Waals surface area (Å²) in [5.74, 6) is 0.0611. The highest BCUT2D eigenvalue weighted by Gasteiger charge is 2.30. The number of aryl methyl sites for hydroxylation is 1. The fourth-order valence-corrected chi connectivity index (χ4v) is 6.34. The topological polar surface area (TPSA) is 86.8 Å². The summed E-state index contributed by atoms with van der Waals surface area (Å²) in [6.07, 6.45) is 1.98. The predicted octanol–water partition coefficient (Wildman–Crippen LogP) is 3.25. The van der Waals surface area contributed by atoms with Gasteiger partial charge in [0, 0.05) is 35.8 Å². The quantitative estimate of drug-likeness (QED) is 0.742. The van der Waals surface area contributed by atoms with Crippen molar-refractivity contribution in [1.29, 1.82) is 0 Å². The molecule has 0 saturated carbocycles. The van der Waals surface area contributed by atoms with Gasteiger partial charge in [0.1, 0.15) is 6.54 Å². The van der Waals surface area contributed by atoms with Crippen LogP contribution in [0.3, 0.4) is 0 Å². The summed E-state index contributed by atoms with van der Waals surface area (Å²) in [4.78, 5) is 27.9. The standard InChI is InChI=1S/C22H25N3O4S2/c1-16-5-4-6-17(13-16)23-21(26)15-25-19-14-18(31(28,29)24-10-2-3-11-24)7-8-20(19)30-12-9-22(25)27/h4-8,13-14H,2-3,9-12,15H2,1H3,(H,23,26). The number of nitrogens with one attached hydrogen (secondary N) is 1. The van der Waals surface area contributed by atoms with Gasteiger partial charge in [0.05, 0.1) is 10.6 Å². The van der Waals surface area contributed by atoms with E-state index < -0.39 is 10.0 Å². The Morgan fingerprint density at radius 3 is 2.65 bits per heavy atom. The number of benzene rings is 2. The number of rotatable bonds is 5. The van der Waals surface area contributed by atoms with E-state index in [0.29, 0.717) is 30.2 Å². The summed E-state index contributed by atoms with van der Waals surface area (Å²) in [5.41, 5.74) is 2.15. The van der Waals surface area contributed by atoms with Crippen molar-refractivity contribution in [3.63, 3.8) is 0 Å². The monoisotopic (exact) mass is 459 g/mol. The highest BCUT2D eigenvalue weighted by Crippen LogP contribution is 2.37. The molecule has 2 heterocycles. The van der Waals surface area contributed by atoms with E-state index >= 15 is 0 Å². The molecule has 4 rings (SSSR count). The highest BCUT2D eigenvalue weighted by atomic mass is 32.2. The summed E-state index contributed by atoms with van der Waals surface area (Å²) in [7, 11) is -3.62. The van der Waals surface area contributed by atoms with Gasteiger partial charge in [-0.15, -0.1) is 11.8 Å².